The van der Waals surface area contributed by atoms with E-state index >= 15 is 0 Å². The number of hydrogen-bond donors (Lipinski definition) is 2. The third-order valence-corrected chi connectivity index (χ3v) is 4.35. The number of ether oxygens (including phenoxy) is 1. The third kappa shape index (κ3) is 6.57. The van der Waals surface area contributed by atoms with Crippen LogP contribution in [0.2, 0.25) is 0 Å². The Hall–Kier alpha value is -2.02. The molecule has 1 saturated heterocycles. The Morgan fingerprint density at radius 1 is 1.15 bits per heavy atom. The summed E-state index contributed by atoms with van der Waals surface area (Å²) in [7, 11) is 0. The SMILES string of the molecule is C[C@@H](c1ccccc1)[C@H](NC(=O)N1CCNCC1)Oc1cccnc1.Cl.Cl. The highest BCUT2D eigenvalue weighted by Crippen LogP contribution is 2.22. The number of carbonyl (C=O) groups excluding carboxylic acids is 1. The van der Waals surface area contributed by atoms with Crippen LogP contribution in [0.3, 0.4) is 0 Å². The van der Waals surface area contributed by atoms with Crippen molar-refractivity contribution in [2.75, 3.05) is 26.2 Å². The van der Waals surface area contributed by atoms with Gasteiger partial charge in [-0.15, -0.1) is 24.8 Å². The first-order valence-electron chi connectivity index (χ1n) is 8.62. The molecule has 3 rings (SSSR count). The molecule has 2 aromatic rings. The zero-order valence-corrected chi connectivity index (χ0v) is 16.8. The van der Waals surface area contributed by atoms with Crippen LogP contribution in [0.4, 0.5) is 4.79 Å². The van der Waals surface area contributed by atoms with Gasteiger partial charge in [-0.1, -0.05) is 37.3 Å². The number of carbonyl (C=O) groups is 1. The number of benzene rings is 1. The second-order valence-electron chi connectivity index (χ2n) is 6.11. The average molecular weight is 413 g/mol. The molecule has 0 unspecified atom stereocenters. The molecule has 148 valence electrons. The van der Waals surface area contributed by atoms with Crippen LogP contribution in [0.1, 0.15) is 18.4 Å². The van der Waals surface area contributed by atoms with Gasteiger partial charge in [0.25, 0.3) is 0 Å². The van der Waals surface area contributed by atoms with Crippen molar-refractivity contribution >= 4 is 30.8 Å². The monoisotopic (exact) mass is 412 g/mol. The van der Waals surface area contributed by atoms with Gasteiger partial charge >= 0.3 is 6.03 Å². The largest absolute Gasteiger partial charge is 0.468 e. The predicted molar refractivity (Wildman–Crippen MR) is 111 cm³/mol. The van der Waals surface area contributed by atoms with E-state index in [1.54, 1.807) is 12.4 Å². The summed E-state index contributed by atoms with van der Waals surface area (Å²) in [5, 5.41) is 6.29. The normalized spacial score (nSPS) is 15.5. The minimum atomic E-state index is -0.478. The predicted octanol–water partition coefficient (Wildman–Crippen LogP) is 3.05. The maximum absolute atomic E-state index is 12.6. The third-order valence-electron chi connectivity index (χ3n) is 4.35. The lowest BCUT2D eigenvalue weighted by molar-refractivity contribution is 0.124. The highest BCUT2D eigenvalue weighted by Gasteiger charge is 2.26. The highest BCUT2D eigenvalue weighted by molar-refractivity contribution is 5.85. The first-order valence-corrected chi connectivity index (χ1v) is 8.62. The number of nitrogens with zero attached hydrogens (tertiary/aromatic N) is 2. The van der Waals surface area contributed by atoms with Crippen molar-refractivity contribution in [3.63, 3.8) is 0 Å². The van der Waals surface area contributed by atoms with E-state index in [2.05, 4.69) is 22.5 Å². The number of hydrogen-bond acceptors (Lipinski definition) is 4. The Morgan fingerprint density at radius 3 is 2.48 bits per heavy atom. The van der Waals surface area contributed by atoms with Crippen molar-refractivity contribution in [2.45, 2.75) is 19.1 Å². The van der Waals surface area contributed by atoms with Gasteiger partial charge in [-0.3, -0.25) is 4.98 Å². The molecule has 8 heteroatoms. The molecular weight excluding hydrogens is 387 g/mol. The van der Waals surface area contributed by atoms with Crippen LogP contribution in [0.15, 0.2) is 54.9 Å². The van der Waals surface area contributed by atoms with Crippen LogP contribution in [0.5, 0.6) is 5.75 Å². The van der Waals surface area contributed by atoms with E-state index in [0.29, 0.717) is 18.8 Å². The van der Waals surface area contributed by atoms with Gasteiger partial charge in [-0.2, -0.15) is 0 Å². The summed E-state index contributed by atoms with van der Waals surface area (Å²) in [6, 6.07) is 13.6. The molecule has 6 nitrogen and oxygen atoms in total. The number of piperazine rings is 1. The number of rotatable bonds is 5. The van der Waals surface area contributed by atoms with Gasteiger partial charge < -0.3 is 20.3 Å². The number of halogens is 2. The summed E-state index contributed by atoms with van der Waals surface area (Å²) in [5.41, 5.74) is 1.11. The van der Waals surface area contributed by atoms with Crippen LogP contribution >= 0.6 is 24.8 Å². The van der Waals surface area contributed by atoms with Gasteiger partial charge in [-0.05, 0) is 17.7 Å². The fourth-order valence-electron chi connectivity index (χ4n) is 2.83. The van der Waals surface area contributed by atoms with Crippen LogP contribution in [-0.4, -0.2) is 48.3 Å². The van der Waals surface area contributed by atoms with Crippen molar-refractivity contribution < 1.29 is 9.53 Å². The molecule has 0 radical (unpaired) electrons. The molecule has 1 aliphatic heterocycles. The highest BCUT2D eigenvalue weighted by atomic mass is 35.5. The van der Waals surface area contributed by atoms with Crippen molar-refractivity contribution in [1.82, 2.24) is 20.5 Å². The number of amides is 2. The molecule has 1 aromatic heterocycles. The van der Waals surface area contributed by atoms with Crippen LogP contribution in [0.25, 0.3) is 0 Å². The summed E-state index contributed by atoms with van der Waals surface area (Å²) in [4.78, 5) is 18.5. The Labute approximate surface area is 172 Å². The number of aromatic nitrogens is 1. The topological polar surface area (TPSA) is 66.5 Å². The van der Waals surface area contributed by atoms with E-state index in [9.17, 15) is 4.79 Å². The summed E-state index contributed by atoms with van der Waals surface area (Å²) in [6.07, 6.45) is 2.87. The Kier molecular flexibility index (Phi) is 9.93. The van der Waals surface area contributed by atoms with Gasteiger partial charge in [-0.25, -0.2) is 4.79 Å². The Morgan fingerprint density at radius 2 is 1.85 bits per heavy atom. The number of urea groups is 1. The van der Waals surface area contributed by atoms with Crippen molar-refractivity contribution in [3.05, 3.63) is 60.4 Å². The van der Waals surface area contributed by atoms with E-state index in [1.165, 1.54) is 0 Å². The van der Waals surface area contributed by atoms with Crippen LogP contribution in [0, 0.1) is 0 Å². The quantitative estimate of drug-likeness (QED) is 0.740. The fraction of sp³-hybridized carbons (Fsp3) is 0.368. The molecule has 0 spiro atoms. The summed E-state index contributed by atoms with van der Waals surface area (Å²) < 4.78 is 6.06. The molecule has 2 heterocycles. The van der Waals surface area contributed by atoms with Gasteiger partial charge in [0.05, 0.1) is 6.20 Å². The minimum Gasteiger partial charge on any atom is -0.468 e. The molecule has 2 atom stereocenters. The second kappa shape index (κ2) is 11.6. The lowest BCUT2D eigenvalue weighted by atomic mass is 9.99. The van der Waals surface area contributed by atoms with E-state index in [4.69, 9.17) is 4.74 Å². The zero-order valence-electron chi connectivity index (χ0n) is 15.2. The molecule has 2 N–H and O–H groups in total. The molecule has 27 heavy (non-hydrogen) atoms. The van der Waals surface area contributed by atoms with Crippen molar-refractivity contribution in [3.8, 4) is 5.75 Å². The summed E-state index contributed by atoms with van der Waals surface area (Å²) in [5.74, 6) is 0.629. The molecule has 0 saturated carbocycles. The maximum atomic E-state index is 12.6. The smallest absolute Gasteiger partial charge is 0.320 e. The molecule has 1 aliphatic rings. The fourth-order valence-corrected chi connectivity index (χ4v) is 2.83. The molecule has 1 fully saturated rings. The van der Waals surface area contributed by atoms with Gasteiger partial charge in [0.2, 0.25) is 0 Å². The molecular formula is C19H26Cl2N4O2. The standard InChI is InChI=1S/C19H24N4O2.2ClH/c1-15(16-6-3-2-4-7-16)18(25-17-8-5-9-21-14-17)22-19(24)23-12-10-20-11-13-23;;/h2-9,14-15,18,20H,10-13H2,1H3,(H,22,24);2*1H/t15-,18+;;/m0../s1. The average Bonchev–Trinajstić information content (AvgIpc) is 2.69. The summed E-state index contributed by atoms with van der Waals surface area (Å²) in [6.45, 7) is 5.08. The van der Waals surface area contributed by atoms with Crippen molar-refractivity contribution in [2.24, 2.45) is 0 Å². The first kappa shape index (κ1) is 23.0. The van der Waals surface area contributed by atoms with Gasteiger partial charge in [0, 0.05) is 38.3 Å². The minimum absolute atomic E-state index is 0. The number of nitrogens with one attached hydrogen (secondary N) is 2. The molecule has 0 aliphatic carbocycles. The lowest BCUT2D eigenvalue weighted by Crippen LogP contribution is -2.54. The maximum Gasteiger partial charge on any atom is 0.320 e. The Bertz CT molecular complexity index is 670. The van der Waals surface area contributed by atoms with E-state index < -0.39 is 6.23 Å². The molecule has 1 aromatic carbocycles. The first-order chi connectivity index (χ1) is 12.2. The molecule has 2 amide bonds. The number of pyridine rings is 1. The zero-order chi connectivity index (χ0) is 17.5. The van der Waals surface area contributed by atoms with E-state index in [0.717, 1.165) is 18.7 Å². The van der Waals surface area contributed by atoms with Crippen molar-refractivity contribution in [1.29, 1.82) is 0 Å². The van der Waals surface area contributed by atoms with Crippen LogP contribution in [-0.2, 0) is 0 Å². The van der Waals surface area contributed by atoms with Gasteiger partial charge in [0.1, 0.15) is 5.75 Å². The second-order valence-corrected chi connectivity index (χ2v) is 6.11. The van der Waals surface area contributed by atoms with Crippen LogP contribution < -0.4 is 15.4 Å². The van der Waals surface area contributed by atoms with E-state index in [1.807, 2.05) is 47.4 Å². The summed E-state index contributed by atoms with van der Waals surface area (Å²) >= 11 is 0. The molecule has 0 bridgehead atoms. The Balaban J connectivity index is 0.00000182. The lowest BCUT2D eigenvalue weighted by Gasteiger charge is -2.32. The van der Waals surface area contributed by atoms with E-state index in [-0.39, 0.29) is 36.8 Å². The van der Waals surface area contributed by atoms with Gasteiger partial charge in [0.15, 0.2) is 6.23 Å².